The first-order valence-electron chi connectivity index (χ1n) is 21.0. The molecule has 8 N–H and O–H groups in total. The highest BCUT2D eigenvalue weighted by Crippen LogP contribution is 2.22. The van der Waals surface area contributed by atoms with Crippen molar-refractivity contribution in [2.75, 3.05) is 65.4 Å². The lowest BCUT2D eigenvalue weighted by molar-refractivity contribution is 0.235. The Hall–Kier alpha value is -2.64. The normalized spacial score (nSPS) is 18.0. The molecule has 62 heavy (non-hydrogen) atoms. The summed E-state index contributed by atoms with van der Waals surface area (Å²) in [6, 6.07) is 0. The van der Waals surface area contributed by atoms with Crippen molar-refractivity contribution in [3.8, 4) is 0 Å². The Balaban J connectivity index is 1.18. The third-order valence-corrected chi connectivity index (χ3v) is 10.2. The number of nitrogens with zero attached hydrogens (tertiary/aromatic N) is 6. The molecule has 0 aromatic heterocycles. The SMILES string of the molecule is S=C(NCCCN(CCCCN(CCCNC(=S)N/N=C/[C]1[CH][CH][CH][CH]1)CCCNC(=S)N/N=C/[C]1[CH][CH][CH][CH]1)CCCNC(=S)N/N=C/[C]1[CH][CH][CH][CH]1)N/N=C/[C]1[CH][CH][CH][CH]1. The van der Waals surface area contributed by atoms with Crippen molar-refractivity contribution in [2.24, 2.45) is 20.4 Å². The third kappa shape index (κ3) is 25.6. The minimum Gasteiger partial charge on any atom is -0.361 e. The molecule has 18 heteroatoms. The molecule has 0 atom stereocenters. The van der Waals surface area contributed by atoms with E-state index in [4.69, 9.17) is 48.9 Å². The lowest BCUT2D eigenvalue weighted by atomic mass is 10.1. The molecule has 0 aliphatic heterocycles. The zero-order chi connectivity index (χ0) is 43.7. The van der Waals surface area contributed by atoms with Crippen molar-refractivity contribution < 1.29 is 0 Å². The van der Waals surface area contributed by atoms with Crippen LogP contribution >= 0.6 is 48.9 Å². The number of rotatable bonds is 29. The van der Waals surface area contributed by atoms with E-state index in [0.29, 0.717) is 20.4 Å². The van der Waals surface area contributed by atoms with Gasteiger partial charge in [0.1, 0.15) is 0 Å². The van der Waals surface area contributed by atoms with Gasteiger partial charge in [0.15, 0.2) is 20.4 Å². The van der Waals surface area contributed by atoms with Crippen LogP contribution in [0.2, 0.25) is 0 Å². The first-order valence-corrected chi connectivity index (χ1v) is 22.7. The van der Waals surface area contributed by atoms with Gasteiger partial charge < -0.3 is 31.1 Å². The van der Waals surface area contributed by atoms with Crippen molar-refractivity contribution in [1.29, 1.82) is 0 Å². The van der Waals surface area contributed by atoms with Gasteiger partial charge in [0.05, 0.1) is 0 Å². The Morgan fingerprint density at radius 1 is 0.355 bits per heavy atom. The second-order valence-electron chi connectivity index (χ2n) is 14.2. The lowest BCUT2D eigenvalue weighted by Gasteiger charge is -2.25. The highest BCUT2D eigenvalue weighted by atomic mass is 32.1. The molecular weight excluding hydrogens is 853 g/mol. The average molecular weight is 913 g/mol. The van der Waals surface area contributed by atoms with Crippen molar-refractivity contribution in [3.63, 3.8) is 0 Å². The van der Waals surface area contributed by atoms with Crippen LogP contribution in [0.1, 0.15) is 38.5 Å². The fraction of sp³-hybridized carbons (Fsp3) is 0.364. The predicted octanol–water partition coefficient (Wildman–Crippen LogP) is 3.35. The van der Waals surface area contributed by atoms with E-state index in [1.54, 1.807) is 24.9 Å². The van der Waals surface area contributed by atoms with Gasteiger partial charge in [-0.3, -0.25) is 21.7 Å². The van der Waals surface area contributed by atoms with Crippen molar-refractivity contribution in [3.05, 3.63) is 126 Å². The van der Waals surface area contributed by atoms with Crippen molar-refractivity contribution in [2.45, 2.75) is 38.5 Å². The minimum absolute atomic E-state index is 0.511. The monoisotopic (exact) mass is 912 g/mol. The van der Waals surface area contributed by atoms with E-state index in [0.717, 1.165) is 128 Å². The van der Waals surface area contributed by atoms with Gasteiger partial charge in [-0.25, -0.2) is 0 Å². The zero-order valence-corrected chi connectivity index (χ0v) is 38.4. The van der Waals surface area contributed by atoms with Crippen LogP contribution in [0.5, 0.6) is 0 Å². The molecule has 4 aliphatic carbocycles. The van der Waals surface area contributed by atoms with E-state index in [2.05, 4.69) is 73.2 Å². The molecule has 0 aromatic carbocycles. The summed E-state index contributed by atoms with van der Waals surface area (Å²) in [4.78, 5) is 5.05. The molecule has 20 radical (unpaired) electrons. The minimum atomic E-state index is 0.511. The topological polar surface area (TPSA) is 152 Å². The van der Waals surface area contributed by atoms with E-state index < -0.39 is 0 Å². The summed E-state index contributed by atoms with van der Waals surface area (Å²) in [7, 11) is 0. The first kappa shape index (κ1) is 52.0. The molecule has 0 aromatic rings. The summed E-state index contributed by atoms with van der Waals surface area (Å²) in [6.07, 6.45) is 44.7. The summed E-state index contributed by atoms with van der Waals surface area (Å²) in [6.45, 7) is 8.73. The van der Waals surface area contributed by atoms with Gasteiger partial charge in [-0.1, -0.05) is 0 Å². The number of unbranched alkanes of at least 4 members (excludes halogenated alkanes) is 1. The van der Waals surface area contributed by atoms with E-state index in [9.17, 15) is 0 Å². The Bertz CT molecular complexity index is 1170. The number of nitrogens with one attached hydrogen (secondary N) is 8. The number of hydrazone groups is 4. The van der Waals surface area contributed by atoms with E-state index in [-0.39, 0.29) is 0 Å². The molecule has 14 nitrogen and oxygen atoms in total. The lowest BCUT2D eigenvalue weighted by Crippen LogP contribution is -2.37. The molecule has 4 saturated carbocycles. The Morgan fingerprint density at radius 3 is 0.790 bits per heavy atom. The van der Waals surface area contributed by atoms with Gasteiger partial charge in [-0.05, 0) is 229 Å². The largest absolute Gasteiger partial charge is 0.361 e. The molecule has 0 unspecified atom stereocenters. The maximum atomic E-state index is 5.44. The molecule has 4 fully saturated rings. The second-order valence-corrected chi connectivity index (χ2v) is 15.8. The quantitative estimate of drug-likeness (QED) is 0.0240. The molecule has 4 aliphatic rings. The summed E-state index contributed by atoms with van der Waals surface area (Å²) < 4.78 is 0. The van der Waals surface area contributed by atoms with Crippen LogP contribution < -0.4 is 43.0 Å². The Labute approximate surface area is 395 Å². The first-order chi connectivity index (χ1) is 30.4. The molecule has 0 spiro atoms. The summed E-state index contributed by atoms with van der Waals surface area (Å²) in [5.74, 6) is 4.10. The van der Waals surface area contributed by atoms with E-state index in [1.807, 2.05) is 103 Å². The van der Waals surface area contributed by atoms with Crippen LogP contribution in [0.15, 0.2) is 20.4 Å². The van der Waals surface area contributed by atoms with Crippen LogP contribution in [0.3, 0.4) is 0 Å². The van der Waals surface area contributed by atoms with Crippen LogP contribution in [0.25, 0.3) is 0 Å². The van der Waals surface area contributed by atoms with Gasteiger partial charge in [0.2, 0.25) is 0 Å². The molecule has 0 heterocycles. The highest BCUT2D eigenvalue weighted by molar-refractivity contribution is 7.80. The fourth-order valence-corrected chi connectivity index (χ4v) is 6.70. The van der Waals surface area contributed by atoms with Crippen LogP contribution in [-0.4, -0.2) is 121 Å². The Kier molecular flexibility index (Phi) is 28.4. The number of hydrogen-bond acceptors (Lipinski definition) is 10. The third-order valence-electron chi connectivity index (χ3n) is 9.22. The van der Waals surface area contributed by atoms with Crippen LogP contribution in [-0.2, 0) is 0 Å². The van der Waals surface area contributed by atoms with E-state index in [1.165, 1.54) is 0 Å². The van der Waals surface area contributed by atoms with Gasteiger partial charge >= 0.3 is 0 Å². The maximum absolute atomic E-state index is 5.44. The summed E-state index contributed by atoms with van der Waals surface area (Å²) >= 11 is 21.7. The maximum Gasteiger partial charge on any atom is 0.186 e. The van der Waals surface area contributed by atoms with Gasteiger partial charge in [-0.15, -0.1) is 0 Å². The molecule has 0 saturated heterocycles. The fourth-order valence-electron chi connectivity index (χ4n) is 6.08. The predicted molar refractivity (Wildman–Crippen MR) is 271 cm³/mol. The molecule has 330 valence electrons. The molecular formula is C44H60N14S4. The zero-order valence-electron chi connectivity index (χ0n) is 35.2. The molecule has 0 amide bonds. The number of thiocarbonyl (C=S) groups is 4. The Morgan fingerprint density at radius 2 is 0.565 bits per heavy atom. The smallest absolute Gasteiger partial charge is 0.186 e. The van der Waals surface area contributed by atoms with Crippen molar-refractivity contribution in [1.82, 2.24) is 52.8 Å². The van der Waals surface area contributed by atoms with Gasteiger partial charge in [0.25, 0.3) is 0 Å². The average Bonchev–Trinajstić information content (AvgIpc) is 4.13. The van der Waals surface area contributed by atoms with Crippen molar-refractivity contribution >= 4 is 94.2 Å². The second kappa shape index (κ2) is 33.8. The summed E-state index contributed by atoms with van der Waals surface area (Å²) in [5.41, 5.74) is 11.6. The summed E-state index contributed by atoms with van der Waals surface area (Å²) in [5, 5.41) is 32.1. The van der Waals surface area contributed by atoms with Crippen LogP contribution in [0.4, 0.5) is 0 Å². The van der Waals surface area contributed by atoms with E-state index >= 15 is 0 Å². The standard InChI is InChI=1S/C44H60N14S4/c59-41(53-49-33-37-15-1-2-16-37)45-23-11-29-57(30-12-24-46-42(60)54-50-34-38-17-3-4-18-38)27-9-10-28-58(31-13-25-47-43(61)55-51-35-39-19-5-6-20-39)32-14-26-48-44(62)56-52-36-40-21-7-8-22-40/h1-8,15-22,33-36H,9-14,23-32H2,(H2,45,53,59)(H2,46,54,60)(H2,47,55,61)(H2,48,56,62)/b49-33+,50-34+,51-35+,52-36+. The number of hydrogen-bond donors (Lipinski definition) is 8. The molecule has 0 bridgehead atoms. The highest BCUT2D eigenvalue weighted by Gasteiger charge is 2.17. The van der Waals surface area contributed by atoms with Crippen LogP contribution in [0, 0.1) is 126 Å². The van der Waals surface area contributed by atoms with Gasteiger partial charge in [-0.2, -0.15) is 20.4 Å². The van der Waals surface area contributed by atoms with Gasteiger partial charge in [0, 0.05) is 74.7 Å². The molecule has 4 rings (SSSR count).